The van der Waals surface area contributed by atoms with Crippen molar-refractivity contribution < 1.29 is 19.1 Å². The number of nitrogens with zero attached hydrogens (tertiary/aromatic N) is 1. The summed E-state index contributed by atoms with van der Waals surface area (Å²) in [5, 5.41) is 10.3. The Morgan fingerprint density at radius 1 is 1.62 bits per heavy atom. The van der Waals surface area contributed by atoms with Crippen molar-refractivity contribution in [2.24, 2.45) is 0 Å². The van der Waals surface area contributed by atoms with Crippen molar-refractivity contribution in [1.29, 1.82) is 0 Å². The number of esters is 1. The number of aromatic hydroxyl groups is 1. The molecule has 0 spiro atoms. The topological polar surface area (TPSA) is 72.6 Å². The molecule has 0 saturated carbocycles. The zero-order valence-electron chi connectivity index (χ0n) is 8.57. The van der Waals surface area contributed by atoms with Gasteiger partial charge < -0.3 is 14.3 Å². The number of carbonyl (C=O) groups is 1. The van der Waals surface area contributed by atoms with Gasteiger partial charge in [-0.2, -0.15) is 0 Å². The molecule has 0 atom stereocenters. The molecule has 0 aliphatic carbocycles. The highest BCUT2D eigenvalue weighted by molar-refractivity contribution is 9.10. The number of rotatable bonds is 1. The molecule has 2 aromatic rings. The van der Waals surface area contributed by atoms with Crippen molar-refractivity contribution in [2.45, 2.75) is 6.92 Å². The number of hydrogen-bond acceptors (Lipinski definition) is 5. The molecule has 0 aliphatic heterocycles. The van der Waals surface area contributed by atoms with Crippen LogP contribution in [0.25, 0.3) is 11.0 Å². The van der Waals surface area contributed by atoms with Crippen molar-refractivity contribution in [3.8, 4) is 5.75 Å². The van der Waals surface area contributed by atoms with E-state index in [1.165, 1.54) is 7.11 Å². The number of hydrogen-bond donors (Lipinski definition) is 1. The van der Waals surface area contributed by atoms with Crippen molar-refractivity contribution in [1.82, 2.24) is 4.98 Å². The number of fused-ring (bicyclic) bond motifs is 1. The monoisotopic (exact) mass is 285 g/mol. The van der Waals surface area contributed by atoms with E-state index in [-0.39, 0.29) is 11.4 Å². The third-order valence-corrected chi connectivity index (χ3v) is 2.56. The summed E-state index contributed by atoms with van der Waals surface area (Å²) in [6, 6.07) is 1.58. The van der Waals surface area contributed by atoms with Gasteiger partial charge in [0.2, 0.25) is 0 Å². The van der Waals surface area contributed by atoms with Gasteiger partial charge in [-0.15, -0.1) is 0 Å². The van der Waals surface area contributed by atoms with E-state index in [9.17, 15) is 9.90 Å². The molecule has 0 fully saturated rings. The summed E-state index contributed by atoms with van der Waals surface area (Å²) >= 11 is 3.15. The molecule has 0 aromatic carbocycles. The Balaban J connectivity index is 2.79. The van der Waals surface area contributed by atoms with Crippen molar-refractivity contribution in [3.63, 3.8) is 0 Å². The minimum atomic E-state index is -0.681. The molecule has 5 nitrogen and oxygen atoms in total. The highest BCUT2D eigenvalue weighted by Crippen LogP contribution is 2.34. The third-order valence-electron chi connectivity index (χ3n) is 2.17. The van der Waals surface area contributed by atoms with E-state index < -0.39 is 5.97 Å². The SMILES string of the molecule is COC(=O)c1nc(C)c2oc(Br)cc2c1O. The number of aromatic nitrogens is 1. The maximum Gasteiger partial charge on any atom is 0.360 e. The molecule has 6 heteroatoms. The highest BCUT2D eigenvalue weighted by Gasteiger charge is 2.20. The fraction of sp³-hybridized carbons (Fsp3) is 0.200. The maximum atomic E-state index is 11.3. The van der Waals surface area contributed by atoms with Crippen LogP contribution in [0.1, 0.15) is 16.2 Å². The molecule has 16 heavy (non-hydrogen) atoms. The van der Waals surface area contributed by atoms with Gasteiger partial charge in [0.1, 0.15) is 0 Å². The Labute approximate surface area is 99.2 Å². The lowest BCUT2D eigenvalue weighted by atomic mass is 10.2. The number of ether oxygens (including phenoxy) is 1. The van der Waals surface area contributed by atoms with Crippen LogP contribution in [0.15, 0.2) is 15.2 Å². The van der Waals surface area contributed by atoms with Crippen molar-refractivity contribution >= 4 is 32.9 Å². The third kappa shape index (κ3) is 1.55. The first kappa shape index (κ1) is 10.9. The predicted octanol–water partition coefficient (Wildman–Crippen LogP) is 2.39. The van der Waals surface area contributed by atoms with Crippen LogP contribution in [-0.4, -0.2) is 23.2 Å². The van der Waals surface area contributed by atoms with Crippen molar-refractivity contribution in [2.75, 3.05) is 7.11 Å². The zero-order valence-corrected chi connectivity index (χ0v) is 10.2. The fourth-order valence-electron chi connectivity index (χ4n) is 1.44. The lowest BCUT2D eigenvalue weighted by Crippen LogP contribution is -2.05. The highest BCUT2D eigenvalue weighted by atomic mass is 79.9. The van der Waals surface area contributed by atoms with Crippen LogP contribution in [0, 0.1) is 6.92 Å². The van der Waals surface area contributed by atoms with E-state index in [0.717, 1.165) is 0 Å². The van der Waals surface area contributed by atoms with Crippen LogP contribution < -0.4 is 0 Å². The molecule has 0 aliphatic rings. The van der Waals surface area contributed by atoms with E-state index in [2.05, 4.69) is 25.7 Å². The number of pyridine rings is 1. The summed E-state index contributed by atoms with van der Waals surface area (Å²) < 4.78 is 10.3. The van der Waals surface area contributed by atoms with Gasteiger partial charge in [-0.05, 0) is 22.9 Å². The average molecular weight is 286 g/mol. The first-order chi connectivity index (χ1) is 7.54. The predicted molar refractivity (Wildman–Crippen MR) is 59.5 cm³/mol. The van der Waals surface area contributed by atoms with Gasteiger partial charge >= 0.3 is 5.97 Å². The molecular weight excluding hydrogens is 278 g/mol. The van der Waals surface area contributed by atoms with Crippen molar-refractivity contribution in [3.05, 3.63) is 22.1 Å². The van der Waals surface area contributed by atoms with Crippen LogP contribution in [0.3, 0.4) is 0 Å². The summed E-state index contributed by atoms with van der Waals surface area (Å²) in [6.07, 6.45) is 0. The number of aryl methyl sites for hydroxylation is 1. The van der Waals surface area contributed by atoms with Gasteiger partial charge in [0.25, 0.3) is 0 Å². The molecule has 0 unspecified atom stereocenters. The fourth-order valence-corrected chi connectivity index (χ4v) is 1.83. The number of carbonyl (C=O) groups excluding carboxylic acids is 1. The molecule has 84 valence electrons. The molecule has 0 radical (unpaired) electrons. The number of furan rings is 1. The first-order valence-corrected chi connectivity index (χ1v) is 5.20. The minimum Gasteiger partial charge on any atom is -0.505 e. The standard InChI is InChI=1S/C10H8BrNO4/c1-4-9-5(3-6(11)16-9)8(13)7(12-4)10(14)15-2/h3,13H,1-2H3. The molecule has 0 bridgehead atoms. The van der Waals surface area contributed by atoms with Gasteiger partial charge in [-0.25, -0.2) is 9.78 Å². The second-order valence-electron chi connectivity index (χ2n) is 3.18. The Morgan fingerprint density at radius 2 is 2.31 bits per heavy atom. The summed E-state index contributed by atoms with van der Waals surface area (Å²) in [4.78, 5) is 15.3. The smallest absolute Gasteiger partial charge is 0.360 e. The van der Waals surface area contributed by atoms with E-state index in [4.69, 9.17) is 4.42 Å². The summed E-state index contributed by atoms with van der Waals surface area (Å²) in [5.41, 5.74) is 0.844. The quantitative estimate of drug-likeness (QED) is 0.815. The molecule has 1 N–H and O–H groups in total. The summed E-state index contributed by atoms with van der Waals surface area (Å²) in [7, 11) is 1.23. The van der Waals surface area contributed by atoms with Gasteiger partial charge in [0.15, 0.2) is 21.7 Å². The number of halogens is 1. The van der Waals surface area contributed by atoms with Crippen LogP contribution >= 0.6 is 15.9 Å². The first-order valence-electron chi connectivity index (χ1n) is 4.41. The van der Waals surface area contributed by atoms with Crippen LogP contribution in [0.2, 0.25) is 0 Å². The Kier molecular flexibility index (Phi) is 2.59. The number of methoxy groups -OCH3 is 1. The molecular formula is C10H8BrNO4. The molecule has 0 saturated heterocycles. The minimum absolute atomic E-state index is 0.110. The Hall–Kier alpha value is -1.56. The summed E-state index contributed by atoms with van der Waals surface area (Å²) in [6.45, 7) is 1.68. The maximum absolute atomic E-state index is 11.3. The second kappa shape index (κ2) is 3.79. The Bertz CT molecular complexity index is 576. The summed E-state index contributed by atoms with van der Waals surface area (Å²) in [5.74, 6) is -0.915. The van der Waals surface area contributed by atoms with Crippen LogP contribution in [0.4, 0.5) is 0 Å². The largest absolute Gasteiger partial charge is 0.505 e. The lowest BCUT2D eigenvalue weighted by Gasteiger charge is -2.03. The van der Waals surface area contributed by atoms with Crippen LogP contribution in [-0.2, 0) is 4.74 Å². The molecule has 2 heterocycles. The van der Waals surface area contributed by atoms with E-state index in [1.807, 2.05) is 0 Å². The van der Waals surface area contributed by atoms with Gasteiger partial charge in [0.05, 0.1) is 18.2 Å². The normalized spacial score (nSPS) is 10.7. The molecule has 0 amide bonds. The van der Waals surface area contributed by atoms with Gasteiger partial charge in [-0.1, -0.05) is 0 Å². The average Bonchev–Trinajstić information content (AvgIpc) is 2.65. The lowest BCUT2D eigenvalue weighted by molar-refractivity contribution is 0.0590. The zero-order chi connectivity index (χ0) is 11.9. The molecule has 2 aromatic heterocycles. The van der Waals surface area contributed by atoms with E-state index >= 15 is 0 Å². The molecule has 2 rings (SSSR count). The van der Waals surface area contributed by atoms with Crippen LogP contribution in [0.5, 0.6) is 5.75 Å². The van der Waals surface area contributed by atoms with Gasteiger partial charge in [0, 0.05) is 6.07 Å². The van der Waals surface area contributed by atoms with Gasteiger partial charge in [-0.3, -0.25) is 0 Å². The van der Waals surface area contributed by atoms with E-state index in [1.54, 1.807) is 13.0 Å². The second-order valence-corrected chi connectivity index (χ2v) is 3.96. The van der Waals surface area contributed by atoms with E-state index in [0.29, 0.717) is 21.3 Å². The Morgan fingerprint density at radius 3 is 2.94 bits per heavy atom.